The fraction of sp³-hybridized carbons (Fsp3) is 0.360. The molecule has 2 saturated carbocycles. The molecule has 0 saturated heterocycles. The van der Waals surface area contributed by atoms with Gasteiger partial charge in [0, 0.05) is 29.0 Å². The van der Waals surface area contributed by atoms with Gasteiger partial charge >= 0.3 is 0 Å². The molecule has 5 heteroatoms. The molecular formula is C25H25FN2O2. The fourth-order valence-corrected chi connectivity index (χ4v) is 5.00. The van der Waals surface area contributed by atoms with Crippen LogP contribution in [0, 0.1) is 11.7 Å². The van der Waals surface area contributed by atoms with Gasteiger partial charge in [-0.15, -0.1) is 0 Å². The Morgan fingerprint density at radius 1 is 1.03 bits per heavy atom. The third kappa shape index (κ3) is 3.32. The van der Waals surface area contributed by atoms with E-state index in [4.69, 9.17) is 4.52 Å². The van der Waals surface area contributed by atoms with Crippen LogP contribution in [-0.2, 0) is 10.3 Å². The van der Waals surface area contributed by atoms with Crippen molar-refractivity contribution in [2.45, 2.75) is 50.0 Å². The molecule has 2 aliphatic carbocycles. The molecule has 0 radical (unpaired) electrons. The van der Waals surface area contributed by atoms with Gasteiger partial charge in [-0.25, -0.2) is 4.39 Å². The number of hydrogen-bond acceptors (Lipinski definition) is 3. The monoisotopic (exact) mass is 404 g/mol. The van der Waals surface area contributed by atoms with E-state index < -0.39 is 5.54 Å². The summed E-state index contributed by atoms with van der Waals surface area (Å²) in [5.74, 6) is 0.347. The van der Waals surface area contributed by atoms with Crippen LogP contribution in [0.1, 0.15) is 55.7 Å². The molecule has 2 aromatic carbocycles. The lowest BCUT2D eigenvalue weighted by Crippen LogP contribution is -2.53. The molecule has 154 valence electrons. The summed E-state index contributed by atoms with van der Waals surface area (Å²) in [6.07, 6.45) is 5.25. The molecule has 2 fully saturated rings. The van der Waals surface area contributed by atoms with Crippen LogP contribution in [0.5, 0.6) is 0 Å². The first kappa shape index (κ1) is 19.0. The Morgan fingerprint density at radius 3 is 2.53 bits per heavy atom. The molecule has 2 aliphatic rings. The number of amides is 1. The van der Waals surface area contributed by atoms with Crippen molar-refractivity contribution in [1.29, 1.82) is 0 Å². The normalized spacial score (nSPS) is 22.4. The minimum absolute atomic E-state index is 0.00436. The van der Waals surface area contributed by atoms with Gasteiger partial charge in [-0.1, -0.05) is 60.1 Å². The fourth-order valence-electron chi connectivity index (χ4n) is 5.00. The number of nitrogens with zero attached hydrogens (tertiary/aromatic N) is 1. The molecule has 1 heterocycles. The van der Waals surface area contributed by atoms with Gasteiger partial charge in [-0.3, -0.25) is 4.79 Å². The highest BCUT2D eigenvalue weighted by Gasteiger charge is 2.45. The number of rotatable bonds is 5. The summed E-state index contributed by atoms with van der Waals surface area (Å²) in [6.45, 7) is 0. The Kier molecular flexibility index (Phi) is 4.89. The molecule has 1 aromatic heterocycles. The third-order valence-electron chi connectivity index (χ3n) is 6.78. The highest BCUT2D eigenvalue weighted by molar-refractivity contribution is 5.81. The first-order valence-corrected chi connectivity index (χ1v) is 10.8. The Morgan fingerprint density at radius 2 is 1.80 bits per heavy atom. The van der Waals surface area contributed by atoms with Crippen molar-refractivity contribution in [1.82, 2.24) is 10.5 Å². The van der Waals surface area contributed by atoms with E-state index in [1.807, 2.05) is 42.5 Å². The lowest BCUT2D eigenvalue weighted by Gasteiger charge is -2.44. The molecular weight excluding hydrogens is 379 g/mol. The van der Waals surface area contributed by atoms with E-state index in [-0.39, 0.29) is 23.6 Å². The minimum atomic E-state index is -0.575. The summed E-state index contributed by atoms with van der Waals surface area (Å²) in [5.41, 5.74) is 1.84. The van der Waals surface area contributed by atoms with Crippen LogP contribution < -0.4 is 5.32 Å². The minimum Gasteiger partial charge on any atom is -0.356 e. The second-order valence-electron chi connectivity index (χ2n) is 8.53. The van der Waals surface area contributed by atoms with E-state index in [1.54, 1.807) is 12.1 Å². The molecule has 5 rings (SSSR count). The van der Waals surface area contributed by atoms with Crippen molar-refractivity contribution in [3.63, 3.8) is 0 Å². The van der Waals surface area contributed by atoms with Gasteiger partial charge in [0.05, 0.1) is 11.2 Å². The molecule has 0 bridgehead atoms. The van der Waals surface area contributed by atoms with Crippen molar-refractivity contribution < 1.29 is 13.7 Å². The number of benzene rings is 2. The molecule has 1 amide bonds. The van der Waals surface area contributed by atoms with Crippen LogP contribution >= 0.6 is 0 Å². The summed E-state index contributed by atoms with van der Waals surface area (Å²) in [4.78, 5) is 13.3. The summed E-state index contributed by atoms with van der Waals surface area (Å²) in [5, 5.41) is 7.52. The van der Waals surface area contributed by atoms with E-state index in [2.05, 4.69) is 10.5 Å². The zero-order chi connectivity index (χ0) is 20.6. The molecule has 1 N–H and O–H groups in total. The SMILES string of the molecule is O=C(NC1(c2ccccc2F)CCC1)C1CCCC1c1cc(-c2ccccc2)on1. The summed E-state index contributed by atoms with van der Waals surface area (Å²) >= 11 is 0. The van der Waals surface area contributed by atoms with Crippen LogP contribution in [0.2, 0.25) is 0 Å². The Labute approximate surface area is 175 Å². The Balaban J connectivity index is 1.36. The highest BCUT2D eigenvalue weighted by Crippen LogP contribution is 2.45. The Hall–Kier alpha value is -2.95. The number of halogens is 1. The number of aromatic nitrogens is 1. The largest absolute Gasteiger partial charge is 0.356 e. The van der Waals surface area contributed by atoms with Crippen molar-refractivity contribution in [3.05, 3.63) is 77.7 Å². The lowest BCUT2D eigenvalue weighted by atomic mass is 9.71. The first-order chi connectivity index (χ1) is 14.7. The first-order valence-electron chi connectivity index (χ1n) is 10.8. The van der Waals surface area contributed by atoms with E-state index in [9.17, 15) is 9.18 Å². The second-order valence-corrected chi connectivity index (χ2v) is 8.53. The van der Waals surface area contributed by atoms with Crippen LogP contribution in [0.25, 0.3) is 11.3 Å². The summed E-state index contributed by atoms with van der Waals surface area (Å²) in [7, 11) is 0. The topological polar surface area (TPSA) is 55.1 Å². The highest BCUT2D eigenvalue weighted by atomic mass is 19.1. The maximum Gasteiger partial charge on any atom is 0.224 e. The average Bonchev–Trinajstić information content (AvgIpc) is 3.41. The lowest BCUT2D eigenvalue weighted by molar-refractivity contribution is -0.128. The van der Waals surface area contributed by atoms with E-state index in [0.29, 0.717) is 5.56 Å². The molecule has 2 atom stereocenters. The molecule has 0 spiro atoms. The van der Waals surface area contributed by atoms with Gasteiger partial charge in [0.2, 0.25) is 5.91 Å². The maximum absolute atomic E-state index is 14.5. The summed E-state index contributed by atoms with van der Waals surface area (Å²) < 4.78 is 20.0. The predicted molar refractivity (Wildman–Crippen MR) is 112 cm³/mol. The van der Waals surface area contributed by atoms with Crippen molar-refractivity contribution in [2.75, 3.05) is 0 Å². The zero-order valence-corrected chi connectivity index (χ0v) is 16.8. The molecule has 30 heavy (non-hydrogen) atoms. The van der Waals surface area contributed by atoms with Crippen LogP contribution in [0.4, 0.5) is 4.39 Å². The van der Waals surface area contributed by atoms with Crippen LogP contribution in [0.15, 0.2) is 65.2 Å². The van der Waals surface area contributed by atoms with Gasteiger partial charge in [0.1, 0.15) is 5.82 Å². The van der Waals surface area contributed by atoms with Crippen molar-refractivity contribution in [2.24, 2.45) is 5.92 Å². The van der Waals surface area contributed by atoms with E-state index in [0.717, 1.165) is 55.5 Å². The zero-order valence-electron chi connectivity index (χ0n) is 16.8. The number of hydrogen-bond donors (Lipinski definition) is 1. The number of nitrogens with one attached hydrogen (secondary N) is 1. The average molecular weight is 404 g/mol. The maximum atomic E-state index is 14.5. The smallest absolute Gasteiger partial charge is 0.224 e. The van der Waals surface area contributed by atoms with Gasteiger partial charge in [0.15, 0.2) is 5.76 Å². The van der Waals surface area contributed by atoms with E-state index >= 15 is 0 Å². The van der Waals surface area contributed by atoms with Gasteiger partial charge in [-0.05, 0) is 38.2 Å². The van der Waals surface area contributed by atoms with Crippen LogP contribution in [-0.4, -0.2) is 11.1 Å². The standard InChI is InChI=1S/C25H25FN2O2/c26-21-13-5-4-12-20(21)25(14-7-15-25)27-24(29)19-11-6-10-18(19)22-16-23(30-28-22)17-8-2-1-3-9-17/h1-5,8-9,12-13,16,18-19H,6-7,10-11,14-15H2,(H,27,29). The Bertz CT molecular complexity index is 1040. The van der Waals surface area contributed by atoms with Gasteiger partial charge in [0.25, 0.3) is 0 Å². The predicted octanol–water partition coefficient (Wildman–Crippen LogP) is 5.56. The summed E-state index contributed by atoms with van der Waals surface area (Å²) in [6, 6.07) is 18.6. The van der Waals surface area contributed by atoms with Crippen molar-refractivity contribution in [3.8, 4) is 11.3 Å². The molecule has 4 nitrogen and oxygen atoms in total. The number of carbonyl (C=O) groups excluding carboxylic acids is 1. The third-order valence-corrected chi connectivity index (χ3v) is 6.78. The molecule has 3 aromatic rings. The number of carbonyl (C=O) groups is 1. The second kappa shape index (κ2) is 7.71. The van der Waals surface area contributed by atoms with E-state index in [1.165, 1.54) is 6.07 Å². The van der Waals surface area contributed by atoms with Gasteiger partial charge in [-0.2, -0.15) is 0 Å². The van der Waals surface area contributed by atoms with Crippen molar-refractivity contribution >= 4 is 5.91 Å². The van der Waals surface area contributed by atoms with Crippen LogP contribution in [0.3, 0.4) is 0 Å². The quantitative estimate of drug-likeness (QED) is 0.606. The molecule has 2 unspecified atom stereocenters. The molecule has 0 aliphatic heterocycles. The van der Waals surface area contributed by atoms with Gasteiger partial charge < -0.3 is 9.84 Å².